The van der Waals surface area contributed by atoms with Crippen molar-refractivity contribution >= 4 is 29.3 Å². The molecule has 4 rings (SSSR count). The third-order valence-electron chi connectivity index (χ3n) is 6.00. The Morgan fingerprint density at radius 3 is 2.52 bits per heavy atom. The molecule has 1 aromatic carbocycles. The SMILES string of the molecule is Cc1cc2occ(CC(=O)N(C)C3CC4CCC(C3)N4)c2cc1C.Cl. The van der Waals surface area contributed by atoms with E-state index in [1.165, 1.54) is 24.0 Å². The minimum absolute atomic E-state index is 0. The number of nitrogens with one attached hydrogen (secondary N) is 1. The smallest absolute Gasteiger partial charge is 0.227 e. The van der Waals surface area contributed by atoms with Crippen LogP contribution >= 0.6 is 12.4 Å². The standard InChI is InChI=1S/C20H26N2O2.ClH/c1-12-6-18-14(11-24-19(18)7-13(12)2)8-20(23)22(3)17-9-15-4-5-16(10-17)21-15;/h6-7,11,15-17,21H,4-5,8-10H2,1-3H3;1H. The number of nitrogens with zero attached hydrogens (tertiary/aromatic N) is 1. The molecule has 2 saturated heterocycles. The van der Waals surface area contributed by atoms with Gasteiger partial charge in [-0.05, 0) is 62.8 Å². The van der Waals surface area contributed by atoms with Crippen molar-refractivity contribution < 1.29 is 9.21 Å². The molecule has 0 radical (unpaired) electrons. The van der Waals surface area contributed by atoms with E-state index >= 15 is 0 Å². The van der Waals surface area contributed by atoms with Gasteiger partial charge in [0.05, 0.1) is 12.7 Å². The molecule has 2 unspecified atom stereocenters. The molecular weight excluding hydrogens is 336 g/mol. The predicted molar refractivity (Wildman–Crippen MR) is 102 cm³/mol. The largest absolute Gasteiger partial charge is 0.464 e. The van der Waals surface area contributed by atoms with Gasteiger partial charge in [0, 0.05) is 36.1 Å². The summed E-state index contributed by atoms with van der Waals surface area (Å²) in [5.74, 6) is 0.197. The molecule has 4 nitrogen and oxygen atoms in total. The number of rotatable bonds is 3. The number of piperidine rings is 1. The number of amides is 1. The molecule has 1 aromatic heterocycles. The first kappa shape index (κ1) is 18.3. The Morgan fingerprint density at radius 1 is 1.20 bits per heavy atom. The Labute approximate surface area is 155 Å². The first-order valence-corrected chi connectivity index (χ1v) is 9.00. The summed E-state index contributed by atoms with van der Waals surface area (Å²) in [4.78, 5) is 14.8. The number of hydrogen-bond donors (Lipinski definition) is 1. The fourth-order valence-corrected chi connectivity index (χ4v) is 4.31. The highest BCUT2D eigenvalue weighted by Crippen LogP contribution is 2.30. The molecule has 1 N–H and O–H groups in total. The van der Waals surface area contributed by atoms with Crippen molar-refractivity contribution in [2.24, 2.45) is 0 Å². The van der Waals surface area contributed by atoms with E-state index in [2.05, 4.69) is 31.3 Å². The third kappa shape index (κ3) is 3.42. The average Bonchev–Trinajstić information content (AvgIpc) is 3.10. The topological polar surface area (TPSA) is 45.5 Å². The Morgan fingerprint density at radius 2 is 1.84 bits per heavy atom. The van der Waals surface area contributed by atoms with Gasteiger partial charge in [-0.25, -0.2) is 0 Å². The van der Waals surface area contributed by atoms with E-state index in [0.717, 1.165) is 29.4 Å². The van der Waals surface area contributed by atoms with E-state index in [-0.39, 0.29) is 18.3 Å². The van der Waals surface area contributed by atoms with Crippen molar-refractivity contribution in [3.63, 3.8) is 0 Å². The minimum Gasteiger partial charge on any atom is -0.464 e. The van der Waals surface area contributed by atoms with Crippen LogP contribution in [0, 0.1) is 13.8 Å². The molecule has 5 heteroatoms. The average molecular weight is 363 g/mol. The summed E-state index contributed by atoms with van der Waals surface area (Å²) in [6.45, 7) is 4.19. The van der Waals surface area contributed by atoms with E-state index in [1.807, 2.05) is 11.9 Å². The maximum absolute atomic E-state index is 12.8. The van der Waals surface area contributed by atoms with Crippen LogP contribution in [0.2, 0.25) is 0 Å². The quantitative estimate of drug-likeness (QED) is 0.904. The zero-order chi connectivity index (χ0) is 16.8. The highest BCUT2D eigenvalue weighted by molar-refractivity contribution is 5.88. The van der Waals surface area contributed by atoms with Gasteiger partial charge < -0.3 is 14.6 Å². The molecule has 2 fully saturated rings. The molecule has 2 atom stereocenters. The van der Waals surface area contributed by atoms with Crippen molar-refractivity contribution in [3.8, 4) is 0 Å². The molecule has 2 aromatic rings. The number of furan rings is 1. The second kappa shape index (κ2) is 7.00. The molecule has 2 aliphatic rings. The van der Waals surface area contributed by atoms with Crippen molar-refractivity contribution in [2.75, 3.05) is 7.05 Å². The van der Waals surface area contributed by atoms with E-state index < -0.39 is 0 Å². The fraction of sp³-hybridized carbons (Fsp3) is 0.550. The van der Waals surface area contributed by atoms with Gasteiger partial charge in [-0.3, -0.25) is 4.79 Å². The third-order valence-corrected chi connectivity index (χ3v) is 6.00. The van der Waals surface area contributed by atoms with Crippen LogP contribution in [0.5, 0.6) is 0 Å². The molecule has 136 valence electrons. The predicted octanol–water partition coefficient (Wildman–Crippen LogP) is 3.76. The van der Waals surface area contributed by atoms with Crippen LogP contribution in [0.25, 0.3) is 11.0 Å². The fourth-order valence-electron chi connectivity index (χ4n) is 4.31. The maximum atomic E-state index is 12.8. The van der Waals surface area contributed by atoms with Crippen molar-refractivity contribution in [1.82, 2.24) is 10.2 Å². The second-order valence-corrected chi connectivity index (χ2v) is 7.64. The van der Waals surface area contributed by atoms with Gasteiger partial charge in [-0.1, -0.05) is 0 Å². The summed E-state index contributed by atoms with van der Waals surface area (Å²) in [7, 11) is 1.97. The zero-order valence-electron chi connectivity index (χ0n) is 15.2. The monoisotopic (exact) mass is 362 g/mol. The summed E-state index contributed by atoms with van der Waals surface area (Å²) in [6, 6.07) is 5.78. The molecule has 2 bridgehead atoms. The summed E-state index contributed by atoms with van der Waals surface area (Å²) in [6.07, 6.45) is 6.86. The number of carbonyl (C=O) groups is 1. The lowest BCUT2D eigenvalue weighted by atomic mass is 9.97. The van der Waals surface area contributed by atoms with Crippen LogP contribution in [-0.4, -0.2) is 36.0 Å². The van der Waals surface area contributed by atoms with Crippen molar-refractivity contribution in [2.45, 2.75) is 64.1 Å². The summed E-state index contributed by atoms with van der Waals surface area (Å²) < 4.78 is 5.67. The van der Waals surface area contributed by atoms with Gasteiger partial charge in [0.15, 0.2) is 0 Å². The maximum Gasteiger partial charge on any atom is 0.227 e. The lowest BCUT2D eigenvalue weighted by Crippen LogP contribution is -2.49. The van der Waals surface area contributed by atoms with Gasteiger partial charge in [0.1, 0.15) is 5.58 Å². The van der Waals surface area contributed by atoms with Crippen LogP contribution in [0.15, 0.2) is 22.8 Å². The van der Waals surface area contributed by atoms with Crippen molar-refractivity contribution in [1.29, 1.82) is 0 Å². The summed E-state index contributed by atoms with van der Waals surface area (Å²) in [5, 5.41) is 4.72. The lowest BCUT2D eigenvalue weighted by molar-refractivity contribution is -0.131. The van der Waals surface area contributed by atoms with Crippen LogP contribution in [0.4, 0.5) is 0 Å². The van der Waals surface area contributed by atoms with Gasteiger partial charge in [-0.2, -0.15) is 0 Å². The first-order valence-electron chi connectivity index (χ1n) is 9.00. The highest BCUT2D eigenvalue weighted by atomic mass is 35.5. The molecule has 1 amide bonds. The number of likely N-dealkylation sites (N-methyl/N-ethyl adjacent to an activating group) is 1. The molecular formula is C20H27ClN2O2. The van der Waals surface area contributed by atoms with Gasteiger partial charge in [-0.15, -0.1) is 12.4 Å². The molecule has 0 saturated carbocycles. The van der Waals surface area contributed by atoms with E-state index in [9.17, 15) is 4.79 Å². The highest BCUT2D eigenvalue weighted by Gasteiger charge is 2.36. The van der Waals surface area contributed by atoms with E-state index in [0.29, 0.717) is 24.5 Å². The molecule has 25 heavy (non-hydrogen) atoms. The van der Waals surface area contributed by atoms with Crippen molar-refractivity contribution in [3.05, 3.63) is 35.1 Å². The second-order valence-electron chi connectivity index (χ2n) is 7.64. The normalized spacial score (nSPS) is 25.0. The van der Waals surface area contributed by atoms with Gasteiger partial charge in [0.25, 0.3) is 0 Å². The van der Waals surface area contributed by atoms with Crippen LogP contribution < -0.4 is 5.32 Å². The number of aryl methyl sites for hydroxylation is 2. The number of carbonyl (C=O) groups excluding carboxylic acids is 1. The van der Waals surface area contributed by atoms with E-state index in [4.69, 9.17) is 4.42 Å². The molecule has 2 aliphatic heterocycles. The van der Waals surface area contributed by atoms with Crippen LogP contribution in [-0.2, 0) is 11.2 Å². The van der Waals surface area contributed by atoms with Gasteiger partial charge in [0.2, 0.25) is 5.91 Å². The van der Waals surface area contributed by atoms with E-state index in [1.54, 1.807) is 6.26 Å². The Balaban J connectivity index is 0.00000182. The Bertz CT molecular complexity index is 773. The number of fused-ring (bicyclic) bond motifs is 3. The minimum atomic E-state index is 0. The zero-order valence-corrected chi connectivity index (χ0v) is 16.0. The molecule has 3 heterocycles. The van der Waals surface area contributed by atoms with Crippen LogP contribution in [0.3, 0.4) is 0 Å². The first-order chi connectivity index (χ1) is 11.5. The Hall–Kier alpha value is -1.52. The molecule has 0 spiro atoms. The Kier molecular flexibility index (Phi) is 5.12. The number of benzene rings is 1. The number of hydrogen-bond acceptors (Lipinski definition) is 3. The molecule has 0 aliphatic carbocycles. The summed E-state index contributed by atoms with van der Waals surface area (Å²) in [5.41, 5.74) is 4.34. The number of halogens is 1. The van der Waals surface area contributed by atoms with Gasteiger partial charge >= 0.3 is 0 Å². The van der Waals surface area contributed by atoms with Crippen LogP contribution in [0.1, 0.15) is 42.4 Å². The summed E-state index contributed by atoms with van der Waals surface area (Å²) >= 11 is 0. The lowest BCUT2D eigenvalue weighted by Gasteiger charge is -2.35.